The van der Waals surface area contributed by atoms with E-state index in [9.17, 15) is 35.9 Å². The smallest absolute Gasteiger partial charge is 0.418 e. The van der Waals surface area contributed by atoms with E-state index in [0.717, 1.165) is 40.6 Å². The van der Waals surface area contributed by atoms with Crippen LogP contribution in [-0.4, -0.2) is 68.7 Å². The van der Waals surface area contributed by atoms with Crippen molar-refractivity contribution in [3.05, 3.63) is 42.1 Å². The molecule has 3 fully saturated rings. The Morgan fingerprint density at radius 1 is 0.978 bits per heavy atom. The third-order valence-corrected chi connectivity index (χ3v) is 10.7. The SMILES string of the molecule is C[Si](C)(C)CCOCn1cc(C(F)(F)F)c2c(OC34CCC(N5C(=O)CN(c6cncc(C(F)(F)F)c6)C5=O)(CC3)C4)ncnc21. The molecule has 0 unspecified atom stereocenters. The fourth-order valence-electron chi connectivity index (χ4n) is 6.70. The molecule has 0 N–H and O–H groups in total. The Kier molecular flexibility index (Phi) is 7.65. The van der Waals surface area contributed by atoms with Crippen molar-refractivity contribution in [2.45, 2.75) is 88.0 Å². The maximum atomic E-state index is 14.3. The van der Waals surface area contributed by atoms with Crippen LogP contribution in [0.3, 0.4) is 0 Å². The van der Waals surface area contributed by atoms with E-state index < -0.39 is 61.2 Å². The number of ether oxygens (including phenoxy) is 2. The number of hydrogen-bond acceptors (Lipinski definition) is 7. The van der Waals surface area contributed by atoms with Gasteiger partial charge < -0.3 is 14.0 Å². The molecule has 17 heteroatoms. The van der Waals surface area contributed by atoms with E-state index in [0.29, 0.717) is 38.5 Å². The summed E-state index contributed by atoms with van der Waals surface area (Å²) in [6, 6.07) is 0.819. The van der Waals surface area contributed by atoms with Crippen LogP contribution in [0.4, 0.5) is 36.8 Å². The lowest BCUT2D eigenvalue weighted by molar-refractivity contribution is -0.138. The van der Waals surface area contributed by atoms with Gasteiger partial charge in [0.1, 0.15) is 30.9 Å². The molecular weight excluding hydrogens is 638 g/mol. The van der Waals surface area contributed by atoms with Crippen molar-refractivity contribution < 1.29 is 45.4 Å². The van der Waals surface area contributed by atoms with Crippen LogP contribution in [-0.2, 0) is 28.6 Å². The number of amides is 3. The van der Waals surface area contributed by atoms with E-state index in [-0.39, 0.29) is 35.8 Å². The molecule has 3 aromatic rings. The molecule has 3 aromatic heterocycles. The number of alkyl halides is 6. The van der Waals surface area contributed by atoms with Crippen LogP contribution in [0, 0.1) is 0 Å². The van der Waals surface area contributed by atoms with Crippen LogP contribution in [0.5, 0.6) is 5.88 Å². The van der Waals surface area contributed by atoms with Crippen LogP contribution in [0.2, 0.25) is 25.7 Å². The zero-order valence-corrected chi connectivity index (χ0v) is 26.3. The predicted octanol–water partition coefficient (Wildman–Crippen LogP) is 6.48. The highest BCUT2D eigenvalue weighted by molar-refractivity contribution is 6.76. The minimum atomic E-state index is -4.74. The summed E-state index contributed by atoms with van der Waals surface area (Å²) in [5.74, 6) is -0.846. The van der Waals surface area contributed by atoms with Crippen molar-refractivity contribution in [2.75, 3.05) is 18.1 Å². The van der Waals surface area contributed by atoms with Gasteiger partial charge in [-0.15, -0.1) is 0 Å². The molecule has 2 bridgehead atoms. The number of hydrogen-bond donors (Lipinski definition) is 0. The van der Waals surface area contributed by atoms with Crippen LogP contribution in [0.25, 0.3) is 11.0 Å². The molecule has 46 heavy (non-hydrogen) atoms. The topological polar surface area (TPSA) is 103 Å². The van der Waals surface area contributed by atoms with Crippen molar-refractivity contribution in [1.82, 2.24) is 24.4 Å². The quantitative estimate of drug-likeness (QED) is 0.111. The minimum Gasteiger partial charge on any atom is -0.470 e. The molecule has 0 aromatic carbocycles. The first-order valence-corrected chi connectivity index (χ1v) is 18.5. The second-order valence-corrected chi connectivity index (χ2v) is 19.1. The Labute approximate surface area is 260 Å². The number of rotatable bonds is 9. The number of urea groups is 1. The van der Waals surface area contributed by atoms with Crippen LogP contribution in [0.1, 0.15) is 43.2 Å². The number of nitrogens with zero attached hydrogens (tertiary/aromatic N) is 6. The summed E-state index contributed by atoms with van der Waals surface area (Å²) in [5.41, 5.74) is -4.22. The summed E-state index contributed by atoms with van der Waals surface area (Å²) in [6.45, 7) is 6.29. The lowest BCUT2D eigenvalue weighted by Crippen LogP contribution is -2.49. The van der Waals surface area contributed by atoms with Gasteiger partial charge in [0.25, 0.3) is 5.91 Å². The molecule has 4 heterocycles. The van der Waals surface area contributed by atoms with E-state index in [1.807, 2.05) is 0 Å². The molecule has 3 amide bonds. The molecule has 248 valence electrons. The Bertz CT molecular complexity index is 1680. The zero-order valence-electron chi connectivity index (χ0n) is 25.3. The fourth-order valence-corrected chi connectivity index (χ4v) is 7.46. The van der Waals surface area contributed by atoms with Crippen molar-refractivity contribution in [3.8, 4) is 5.88 Å². The molecule has 10 nitrogen and oxygen atoms in total. The summed E-state index contributed by atoms with van der Waals surface area (Å²) in [4.78, 5) is 40.6. The van der Waals surface area contributed by atoms with Gasteiger partial charge in [-0.3, -0.25) is 19.6 Å². The summed E-state index contributed by atoms with van der Waals surface area (Å²) in [5, 5.41) is -0.306. The van der Waals surface area contributed by atoms with Gasteiger partial charge in [0, 0.05) is 33.5 Å². The first-order chi connectivity index (χ1) is 21.4. The first kappa shape index (κ1) is 32.2. The number of carbonyl (C=O) groups excluding carboxylic acids is 2. The standard InChI is InChI=1S/C29H32F6N6O4Si/c1-46(2,3)9-8-44-17-39-13-20(29(33,34)35)22-23(39)37-16-38-24(22)45-27-6-4-26(15-27,5-7-27)41-21(42)14-40(25(41)43)19-10-18(11-36-12-19)28(30,31)32/h10-13,16H,4-9,14-15,17H2,1-3H3. The first-order valence-electron chi connectivity index (χ1n) is 14.8. The number of fused-ring (bicyclic) bond motifs is 3. The monoisotopic (exact) mass is 670 g/mol. The van der Waals surface area contributed by atoms with E-state index >= 15 is 0 Å². The average Bonchev–Trinajstić information content (AvgIpc) is 3.70. The molecule has 2 aliphatic carbocycles. The lowest BCUT2D eigenvalue weighted by atomic mass is 9.91. The Morgan fingerprint density at radius 3 is 2.35 bits per heavy atom. The molecule has 0 spiro atoms. The lowest BCUT2D eigenvalue weighted by Gasteiger charge is -2.34. The maximum absolute atomic E-state index is 14.3. The zero-order chi connectivity index (χ0) is 33.3. The Balaban J connectivity index is 1.25. The van der Waals surface area contributed by atoms with Gasteiger partial charge in [-0.1, -0.05) is 19.6 Å². The second kappa shape index (κ2) is 10.9. The van der Waals surface area contributed by atoms with Crippen LogP contribution in [0.15, 0.2) is 31.0 Å². The van der Waals surface area contributed by atoms with E-state index in [2.05, 4.69) is 34.6 Å². The van der Waals surface area contributed by atoms with Gasteiger partial charge in [-0.2, -0.15) is 26.3 Å². The summed E-state index contributed by atoms with van der Waals surface area (Å²) in [6.07, 6.45) is -4.26. The molecule has 1 aliphatic heterocycles. The number of anilines is 1. The van der Waals surface area contributed by atoms with Crippen molar-refractivity contribution in [2.24, 2.45) is 0 Å². The molecule has 0 atom stereocenters. The number of aromatic nitrogens is 4. The van der Waals surface area contributed by atoms with Crippen molar-refractivity contribution in [1.29, 1.82) is 0 Å². The van der Waals surface area contributed by atoms with E-state index in [4.69, 9.17) is 9.47 Å². The van der Waals surface area contributed by atoms with Crippen LogP contribution >= 0.6 is 0 Å². The van der Waals surface area contributed by atoms with Gasteiger partial charge in [0.05, 0.1) is 33.9 Å². The van der Waals surface area contributed by atoms with Crippen LogP contribution < -0.4 is 9.64 Å². The van der Waals surface area contributed by atoms with Crippen molar-refractivity contribution >= 4 is 36.7 Å². The highest BCUT2D eigenvalue weighted by atomic mass is 28.3. The van der Waals surface area contributed by atoms with Gasteiger partial charge >= 0.3 is 18.4 Å². The summed E-state index contributed by atoms with van der Waals surface area (Å²) in [7, 11) is -1.42. The molecule has 1 saturated heterocycles. The third-order valence-electron chi connectivity index (χ3n) is 9.01. The third kappa shape index (κ3) is 5.82. The number of halogens is 6. The largest absolute Gasteiger partial charge is 0.470 e. The van der Waals surface area contributed by atoms with Gasteiger partial charge in [0.2, 0.25) is 5.88 Å². The number of pyridine rings is 1. The Morgan fingerprint density at radius 2 is 1.70 bits per heavy atom. The van der Waals surface area contributed by atoms with E-state index in [1.165, 1.54) is 4.57 Å². The average molecular weight is 671 g/mol. The molecule has 6 rings (SSSR count). The predicted molar refractivity (Wildman–Crippen MR) is 155 cm³/mol. The molecule has 2 saturated carbocycles. The molecule has 3 aliphatic rings. The summed E-state index contributed by atoms with van der Waals surface area (Å²) >= 11 is 0. The normalized spacial score (nSPS) is 23.8. The highest BCUT2D eigenvalue weighted by Gasteiger charge is 2.63. The number of imide groups is 1. The fraction of sp³-hybridized carbons (Fsp3) is 0.552. The molecule has 0 radical (unpaired) electrons. The van der Waals surface area contributed by atoms with Gasteiger partial charge in [-0.25, -0.2) is 14.8 Å². The summed E-state index contributed by atoms with van der Waals surface area (Å²) < 4.78 is 95.9. The van der Waals surface area contributed by atoms with Crippen molar-refractivity contribution in [3.63, 3.8) is 0 Å². The van der Waals surface area contributed by atoms with E-state index in [1.54, 1.807) is 0 Å². The Hall–Kier alpha value is -3.73. The number of carbonyl (C=O) groups is 2. The maximum Gasteiger partial charge on any atom is 0.418 e. The van der Waals surface area contributed by atoms with Gasteiger partial charge in [-0.05, 0) is 37.8 Å². The highest BCUT2D eigenvalue weighted by Crippen LogP contribution is 2.57. The minimum absolute atomic E-state index is 0.000720. The van der Waals surface area contributed by atoms with Gasteiger partial charge in [0.15, 0.2) is 0 Å². The molecular formula is C29H32F6N6O4Si. The second-order valence-electron chi connectivity index (χ2n) is 13.4.